The molecule has 0 aromatic heterocycles. The van der Waals surface area contributed by atoms with Crippen molar-refractivity contribution in [3.05, 3.63) is 64.1 Å². The second-order valence-electron chi connectivity index (χ2n) is 6.11. The Kier molecular flexibility index (Phi) is 5.70. The van der Waals surface area contributed by atoms with Crippen molar-refractivity contribution in [2.24, 2.45) is 0 Å². The minimum Gasteiger partial charge on any atom is -0.489 e. The van der Waals surface area contributed by atoms with Gasteiger partial charge in [-0.05, 0) is 36.4 Å². The van der Waals surface area contributed by atoms with Gasteiger partial charge in [0.15, 0.2) is 0 Å². The highest BCUT2D eigenvalue weighted by Crippen LogP contribution is 2.25. The van der Waals surface area contributed by atoms with E-state index in [1.165, 1.54) is 11.1 Å². The summed E-state index contributed by atoms with van der Waals surface area (Å²) in [5.74, 6) is 0.932. The average molecular weight is 375 g/mol. The minimum atomic E-state index is 0.608. The van der Waals surface area contributed by atoms with Crippen molar-refractivity contribution in [1.29, 1.82) is 0 Å². The van der Waals surface area contributed by atoms with E-state index in [1.54, 1.807) is 0 Å². The third-order valence-electron chi connectivity index (χ3n) is 4.26. The fraction of sp³-hybridized carbons (Fsp3) is 0.368. The third-order valence-corrected chi connectivity index (χ3v) is 5.03. The summed E-state index contributed by atoms with van der Waals surface area (Å²) in [6.07, 6.45) is 0. The molecule has 0 unspecified atom stereocenters. The van der Waals surface area contributed by atoms with Crippen LogP contribution in [0.2, 0.25) is 0 Å². The first kappa shape index (κ1) is 16.5. The Morgan fingerprint density at radius 3 is 2.48 bits per heavy atom. The van der Waals surface area contributed by atoms with Gasteiger partial charge in [-0.3, -0.25) is 4.90 Å². The van der Waals surface area contributed by atoms with Gasteiger partial charge in [-0.2, -0.15) is 0 Å². The highest BCUT2D eigenvalue weighted by atomic mass is 79.9. The van der Waals surface area contributed by atoms with Crippen LogP contribution >= 0.6 is 15.9 Å². The van der Waals surface area contributed by atoms with E-state index in [0.29, 0.717) is 6.61 Å². The summed E-state index contributed by atoms with van der Waals surface area (Å²) in [6, 6.07) is 16.6. The number of hydrogen-bond acceptors (Lipinski definition) is 3. The molecule has 1 saturated heterocycles. The number of likely N-dealkylation sites (N-methyl/N-ethyl adjacent to an activating group) is 1. The number of hydrogen-bond donors (Lipinski definition) is 0. The van der Waals surface area contributed by atoms with Crippen LogP contribution in [0.4, 0.5) is 0 Å². The SMILES string of the molecule is CN1CCN(Cc2cc(OCc3ccccc3)ccc2Br)CC1. The normalized spacial score (nSPS) is 16.4. The molecule has 1 heterocycles. The Bertz CT molecular complexity index is 625. The molecule has 0 amide bonds. The molecule has 3 nitrogen and oxygen atoms in total. The zero-order valence-corrected chi connectivity index (χ0v) is 15.1. The molecule has 0 aliphatic carbocycles. The largest absolute Gasteiger partial charge is 0.489 e. The molecule has 3 rings (SSSR count). The maximum Gasteiger partial charge on any atom is 0.120 e. The van der Waals surface area contributed by atoms with Crippen LogP contribution in [0.3, 0.4) is 0 Å². The van der Waals surface area contributed by atoms with Gasteiger partial charge in [0.05, 0.1) is 0 Å². The second kappa shape index (κ2) is 7.95. The predicted octanol–water partition coefficient (Wildman–Crippen LogP) is 3.78. The van der Waals surface area contributed by atoms with Crippen LogP contribution in [0.5, 0.6) is 5.75 Å². The molecule has 0 saturated carbocycles. The van der Waals surface area contributed by atoms with Gasteiger partial charge >= 0.3 is 0 Å². The van der Waals surface area contributed by atoms with Crippen molar-refractivity contribution < 1.29 is 4.74 Å². The molecule has 0 spiro atoms. The topological polar surface area (TPSA) is 15.7 Å². The van der Waals surface area contributed by atoms with Crippen LogP contribution in [0, 0.1) is 0 Å². The summed E-state index contributed by atoms with van der Waals surface area (Å²) in [6.45, 7) is 6.10. The molecular formula is C19H23BrN2O. The van der Waals surface area contributed by atoms with Gasteiger partial charge in [0.1, 0.15) is 12.4 Å². The quantitative estimate of drug-likeness (QED) is 0.791. The highest BCUT2D eigenvalue weighted by molar-refractivity contribution is 9.10. The van der Waals surface area contributed by atoms with Crippen LogP contribution in [-0.4, -0.2) is 43.0 Å². The predicted molar refractivity (Wildman–Crippen MR) is 97.7 cm³/mol. The van der Waals surface area contributed by atoms with Crippen LogP contribution in [-0.2, 0) is 13.2 Å². The van der Waals surface area contributed by atoms with E-state index >= 15 is 0 Å². The van der Waals surface area contributed by atoms with E-state index in [0.717, 1.165) is 42.9 Å². The lowest BCUT2D eigenvalue weighted by Gasteiger charge is -2.32. The summed E-state index contributed by atoms with van der Waals surface area (Å²) < 4.78 is 7.10. The van der Waals surface area contributed by atoms with E-state index in [9.17, 15) is 0 Å². The van der Waals surface area contributed by atoms with Gasteiger partial charge in [-0.15, -0.1) is 0 Å². The lowest BCUT2D eigenvalue weighted by molar-refractivity contribution is 0.148. The van der Waals surface area contributed by atoms with Crippen molar-refractivity contribution >= 4 is 15.9 Å². The molecule has 1 aliphatic heterocycles. The molecule has 1 aliphatic rings. The highest BCUT2D eigenvalue weighted by Gasteiger charge is 2.15. The van der Waals surface area contributed by atoms with Crippen LogP contribution in [0.25, 0.3) is 0 Å². The van der Waals surface area contributed by atoms with Crippen LogP contribution in [0.1, 0.15) is 11.1 Å². The monoisotopic (exact) mass is 374 g/mol. The third kappa shape index (κ3) is 4.80. The molecule has 0 atom stereocenters. The van der Waals surface area contributed by atoms with Crippen LogP contribution < -0.4 is 4.74 Å². The van der Waals surface area contributed by atoms with Gasteiger partial charge < -0.3 is 9.64 Å². The maximum absolute atomic E-state index is 5.95. The fourth-order valence-corrected chi connectivity index (χ4v) is 3.12. The first-order valence-electron chi connectivity index (χ1n) is 8.07. The Morgan fingerprint density at radius 2 is 1.74 bits per heavy atom. The molecule has 2 aromatic rings. The van der Waals surface area contributed by atoms with Crippen molar-refractivity contribution in [2.75, 3.05) is 33.2 Å². The zero-order valence-electron chi connectivity index (χ0n) is 13.5. The second-order valence-corrected chi connectivity index (χ2v) is 6.96. The molecule has 122 valence electrons. The summed E-state index contributed by atoms with van der Waals surface area (Å²) in [5.41, 5.74) is 2.48. The molecule has 2 aromatic carbocycles. The van der Waals surface area contributed by atoms with Crippen molar-refractivity contribution in [2.45, 2.75) is 13.2 Å². The summed E-state index contributed by atoms with van der Waals surface area (Å²) in [7, 11) is 2.19. The van der Waals surface area contributed by atoms with Gasteiger partial charge in [0.25, 0.3) is 0 Å². The average Bonchev–Trinajstić information content (AvgIpc) is 2.58. The number of nitrogens with zero attached hydrogens (tertiary/aromatic N) is 2. The molecule has 0 radical (unpaired) electrons. The zero-order chi connectivity index (χ0) is 16.1. The molecule has 1 fully saturated rings. The van der Waals surface area contributed by atoms with Gasteiger partial charge in [0.2, 0.25) is 0 Å². The smallest absolute Gasteiger partial charge is 0.120 e. The number of rotatable bonds is 5. The van der Waals surface area contributed by atoms with Crippen molar-refractivity contribution in [3.63, 3.8) is 0 Å². The first-order valence-corrected chi connectivity index (χ1v) is 8.86. The first-order chi connectivity index (χ1) is 11.2. The van der Waals surface area contributed by atoms with E-state index in [1.807, 2.05) is 24.3 Å². The number of piperazine rings is 1. The number of ether oxygens (including phenoxy) is 1. The van der Waals surface area contributed by atoms with E-state index < -0.39 is 0 Å². The van der Waals surface area contributed by atoms with Gasteiger partial charge in [-0.25, -0.2) is 0 Å². The summed E-state index contributed by atoms with van der Waals surface area (Å²) in [5, 5.41) is 0. The standard InChI is InChI=1S/C19H23BrN2O/c1-21-9-11-22(12-10-21)14-17-13-18(7-8-19(17)20)23-15-16-5-3-2-4-6-16/h2-8,13H,9-12,14-15H2,1H3. The fourth-order valence-electron chi connectivity index (χ4n) is 2.75. The van der Waals surface area contributed by atoms with E-state index in [-0.39, 0.29) is 0 Å². The Labute approximate surface area is 147 Å². The Hall–Kier alpha value is -1.36. The molecule has 0 bridgehead atoms. The molecule has 23 heavy (non-hydrogen) atoms. The lowest BCUT2D eigenvalue weighted by atomic mass is 10.2. The molecule has 4 heteroatoms. The number of halogens is 1. The minimum absolute atomic E-state index is 0.608. The summed E-state index contributed by atoms with van der Waals surface area (Å²) in [4.78, 5) is 4.88. The molecule has 0 N–H and O–H groups in total. The Balaban J connectivity index is 1.62. The number of benzene rings is 2. The lowest BCUT2D eigenvalue weighted by Crippen LogP contribution is -2.43. The van der Waals surface area contributed by atoms with Crippen molar-refractivity contribution in [1.82, 2.24) is 9.80 Å². The van der Waals surface area contributed by atoms with E-state index in [2.05, 4.69) is 57.0 Å². The molecular weight excluding hydrogens is 352 g/mol. The van der Waals surface area contributed by atoms with Gasteiger partial charge in [0, 0.05) is 37.2 Å². The van der Waals surface area contributed by atoms with Gasteiger partial charge in [-0.1, -0.05) is 46.3 Å². The van der Waals surface area contributed by atoms with Crippen LogP contribution in [0.15, 0.2) is 53.0 Å². The Morgan fingerprint density at radius 1 is 1.00 bits per heavy atom. The summed E-state index contributed by atoms with van der Waals surface area (Å²) >= 11 is 3.67. The maximum atomic E-state index is 5.95. The van der Waals surface area contributed by atoms with E-state index in [4.69, 9.17) is 4.74 Å². The van der Waals surface area contributed by atoms with Crippen molar-refractivity contribution in [3.8, 4) is 5.75 Å².